The number of thioether (sulfide) groups is 1. The highest BCUT2D eigenvalue weighted by atomic mass is 32.2. The van der Waals surface area contributed by atoms with Gasteiger partial charge in [-0.1, -0.05) is 91.0 Å². The van der Waals surface area contributed by atoms with E-state index in [0.29, 0.717) is 11.3 Å². The van der Waals surface area contributed by atoms with E-state index in [2.05, 4.69) is 16.0 Å². The molecule has 0 aliphatic heterocycles. The Morgan fingerprint density at radius 2 is 1.22 bits per heavy atom. The van der Waals surface area contributed by atoms with E-state index in [4.69, 9.17) is 0 Å². The quantitative estimate of drug-likeness (QED) is 0.107. The summed E-state index contributed by atoms with van der Waals surface area (Å²) in [4.78, 5) is 41.0. The summed E-state index contributed by atoms with van der Waals surface area (Å²) in [6.07, 6.45) is 1.68. The van der Waals surface area contributed by atoms with Crippen LogP contribution in [0, 0.1) is 20.8 Å². The third kappa shape index (κ3) is 8.20. The first kappa shape index (κ1) is 32.0. The van der Waals surface area contributed by atoms with Gasteiger partial charge in [-0.15, -0.1) is 11.8 Å². The first-order valence-corrected chi connectivity index (χ1v) is 15.8. The lowest BCUT2D eigenvalue weighted by atomic mass is 10.1. The molecule has 0 saturated heterocycles. The van der Waals surface area contributed by atoms with E-state index < -0.39 is 11.2 Å². The Morgan fingerprint density at radius 3 is 1.87 bits per heavy atom. The Kier molecular flexibility index (Phi) is 10.5. The van der Waals surface area contributed by atoms with Crippen LogP contribution < -0.4 is 16.0 Å². The minimum absolute atomic E-state index is 0.119. The Balaban J connectivity index is 1.34. The molecule has 5 rings (SSSR count). The van der Waals surface area contributed by atoms with Crippen molar-refractivity contribution >= 4 is 46.9 Å². The van der Waals surface area contributed by atoms with Gasteiger partial charge in [0.2, 0.25) is 5.91 Å². The van der Waals surface area contributed by atoms with Gasteiger partial charge in [-0.25, -0.2) is 0 Å². The van der Waals surface area contributed by atoms with Crippen LogP contribution in [0.1, 0.15) is 43.4 Å². The number of benzene rings is 5. The molecule has 0 fully saturated rings. The van der Waals surface area contributed by atoms with Crippen molar-refractivity contribution in [2.45, 2.75) is 30.9 Å². The van der Waals surface area contributed by atoms with Crippen molar-refractivity contribution in [3.05, 3.63) is 166 Å². The van der Waals surface area contributed by atoms with Crippen molar-refractivity contribution in [2.24, 2.45) is 0 Å². The van der Waals surface area contributed by atoms with Gasteiger partial charge in [0.1, 0.15) is 10.9 Å². The molecule has 0 aliphatic carbocycles. The average molecular weight is 626 g/mol. The first-order valence-electron chi connectivity index (χ1n) is 14.9. The lowest BCUT2D eigenvalue weighted by molar-refractivity contribution is -0.116. The van der Waals surface area contributed by atoms with E-state index in [1.807, 2.05) is 112 Å². The molecule has 0 bridgehead atoms. The molecule has 0 saturated carbocycles. The van der Waals surface area contributed by atoms with Gasteiger partial charge in [-0.2, -0.15) is 0 Å². The molecule has 6 nitrogen and oxygen atoms in total. The maximum atomic E-state index is 13.6. The van der Waals surface area contributed by atoms with Crippen molar-refractivity contribution in [1.82, 2.24) is 5.32 Å². The maximum absolute atomic E-state index is 13.6. The SMILES string of the molecule is Cc1ccccc1/C=C(\NC(=O)c1ccccc1)C(=O)Nc1ccc(SC(C(=O)Nc2c(C)cccc2C)c2ccccc2)cc1. The number of rotatable bonds is 10. The predicted molar refractivity (Wildman–Crippen MR) is 188 cm³/mol. The van der Waals surface area contributed by atoms with Crippen molar-refractivity contribution in [3.8, 4) is 0 Å². The molecule has 0 aromatic heterocycles. The van der Waals surface area contributed by atoms with Gasteiger partial charge in [-0.05, 0) is 91.1 Å². The van der Waals surface area contributed by atoms with Gasteiger partial charge >= 0.3 is 0 Å². The fraction of sp³-hybridized carbons (Fsp3) is 0.103. The van der Waals surface area contributed by atoms with Gasteiger partial charge < -0.3 is 16.0 Å². The summed E-state index contributed by atoms with van der Waals surface area (Å²) in [6, 6.07) is 39.3. The van der Waals surface area contributed by atoms with Crippen molar-refractivity contribution in [2.75, 3.05) is 10.6 Å². The number of amides is 3. The molecule has 7 heteroatoms. The molecule has 0 spiro atoms. The van der Waals surface area contributed by atoms with Gasteiger partial charge in [0.25, 0.3) is 11.8 Å². The van der Waals surface area contributed by atoms with Crippen LogP contribution in [0.2, 0.25) is 0 Å². The normalized spacial score (nSPS) is 11.8. The number of anilines is 2. The minimum atomic E-state index is -0.502. The van der Waals surface area contributed by atoms with E-state index in [9.17, 15) is 14.4 Å². The highest BCUT2D eigenvalue weighted by Crippen LogP contribution is 2.37. The zero-order valence-corrected chi connectivity index (χ0v) is 26.7. The number of hydrogen-bond acceptors (Lipinski definition) is 4. The summed E-state index contributed by atoms with van der Waals surface area (Å²) < 4.78 is 0. The van der Waals surface area contributed by atoms with E-state index in [1.54, 1.807) is 42.5 Å². The summed E-state index contributed by atoms with van der Waals surface area (Å²) in [5.41, 5.74) is 6.61. The van der Waals surface area contributed by atoms with Crippen LogP contribution in [0.25, 0.3) is 6.08 Å². The van der Waals surface area contributed by atoms with Gasteiger partial charge in [-0.3, -0.25) is 14.4 Å². The van der Waals surface area contributed by atoms with Crippen molar-refractivity contribution in [1.29, 1.82) is 0 Å². The molecule has 5 aromatic carbocycles. The minimum Gasteiger partial charge on any atom is -0.324 e. The molecule has 0 aliphatic rings. The molecule has 5 aromatic rings. The standard InChI is InChI=1S/C39H35N3O3S/c1-26-13-10-11-20-31(26)25-34(41-37(43)30-18-8-5-9-19-30)38(44)40-32-21-23-33(24-22-32)46-36(29-16-6-4-7-17-29)39(45)42-35-27(2)14-12-15-28(35)3/h4-25,36H,1-3H3,(H,40,44)(H,41,43)(H,42,45)/b34-25-. The lowest BCUT2D eigenvalue weighted by Crippen LogP contribution is -2.30. The van der Waals surface area contributed by atoms with Crippen molar-refractivity contribution < 1.29 is 14.4 Å². The summed E-state index contributed by atoms with van der Waals surface area (Å²) in [6.45, 7) is 5.91. The van der Waals surface area contributed by atoms with E-state index in [0.717, 1.165) is 38.4 Å². The van der Waals surface area contributed by atoms with Crippen LogP contribution in [-0.4, -0.2) is 17.7 Å². The maximum Gasteiger partial charge on any atom is 0.272 e. The van der Waals surface area contributed by atoms with Crippen LogP contribution in [0.3, 0.4) is 0 Å². The highest BCUT2D eigenvalue weighted by molar-refractivity contribution is 8.00. The van der Waals surface area contributed by atoms with E-state index in [-0.39, 0.29) is 17.5 Å². The summed E-state index contributed by atoms with van der Waals surface area (Å²) in [7, 11) is 0. The number of aryl methyl sites for hydroxylation is 3. The fourth-order valence-corrected chi connectivity index (χ4v) is 5.92. The topological polar surface area (TPSA) is 87.3 Å². The Morgan fingerprint density at radius 1 is 0.630 bits per heavy atom. The third-order valence-corrected chi connectivity index (χ3v) is 8.72. The van der Waals surface area contributed by atoms with Crippen LogP contribution in [0.5, 0.6) is 0 Å². The van der Waals surface area contributed by atoms with Crippen LogP contribution in [0.4, 0.5) is 11.4 Å². The molecule has 0 radical (unpaired) electrons. The molecule has 0 heterocycles. The molecule has 3 amide bonds. The van der Waals surface area contributed by atoms with Crippen LogP contribution in [-0.2, 0) is 9.59 Å². The second-order valence-corrected chi connectivity index (χ2v) is 12.1. The van der Waals surface area contributed by atoms with Gasteiger partial charge in [0.05, 0.1) is 0 Å². The van der Waals surface area contributed by atoms with Crippen LogP contribution >= 0.6 is 11.8 Å². The monoisotopic (exact) mass is 625 g/mol. The van der Waals surface area contributed by atoms with Crippen molar-refractivity contribution in [3.63, 3.8) is 0 Å². The Hall–Kier alpha value is -5.40. The molecule has 230 valence electrons. The zero-order chi connectivity index (χ0) is 32.5. The zero-order valence-electron chi connectivity index (χ0n) is 25.9. The van der Waals surface area contributed by atoms with E-state index >= 15 is 0 Å². The first-order chi connectivity index (χ1) is 22.3. The summed E-state index contributed by atoms with van der Waals surface area (Å²) >= 11 is 1.43. The van der Waals surface area contributed by atoms with E-state index in [1.165, 1.54) is 11.8 Å². The molecule has 3 N–H and O–H groups in total. The number of carbonyl (C=O) groups excluding carboxylic acids is 3. The second-order valence-electron chi connectivity index (χ2n) is 10.9. The second kappa shape index (κ2) is 15.1. The number of hydrogen-bond donors (Lipinski definition) is 3. The summed E-state index contributed by atoms with van der Waals surface area (Å²) in [5.74, 6) is -0.956. The third-order valence-electron chi connectivity index (χ3n) is 7.45. The lowest BCUT2D eigenvalue weighted by Gasteiger charge is -2.19. The predicted octanol–water partition coefficient (Wildman–Crippen LogP) is 8.49. The van der Waals surface area contributed by atoms with Crippen LogP contribution in [0.15, 0.2) is 138 Å². The molecular weight excluding hydrogens is 591 g/mol. The average Bonchev–Trinajstić information content (AvgIpc) is 3.07. The molecule has 1 unspecified atom stereocenters. The number of carbonyl (C=O) groups is 3. The van der Waals surface area contributed by atoms with Gasteiger partial charge in [0, 0.05) is 21.8 Å². The molecule has 46 heavy (non-hydrogen) atoms. The number of para-hydroxylation sites is 1. The Labute approximate surface area is 274 Å². The number of nitrogens with one attached hydrogen (secondary N) is 3. The molecule has 1 atom stereocenters. The highest BCUT2D eigenvalue weighted by Gasteiger charge is 2.23. The smallest absolute Gasteiger partial charge is 0.272 e. The largest absolute Gasteiger partial charge is 0.324 e. The summed E-state index contributed by atoms with van der Waals surface area (Å²) in [5, 5.41) is 8.33. The molecular formula is C39H35N3O3S. The Bertz CT molecular complexity index is 1850. The van der Waals surface area contributed by atoms with Gasteiger partial charge in [0.15, 0.2) is 0 Å². The fourth-order valence-electron chi connectivity index (χ4n) is 4.90.